The first kappa shape index (κ1) is 15.5. The standard InChI is InChI=1S/C11H14INO2.ClH/c1-2-15-11(14)6-3-8-7-9(13)4-5-10(8)12;/h4-5,7H,2-3,6,13H2,1H3;1H. The van der Waals surface area contributed by atoms with E-state index in [1.165, 1.54) is 0 Å². The van der Waals surface area contributed by atoms with Gasteiger partial charge in [0.2, 0.25) is 0 Å². The van der Waals surface area contributed by atoms with Gasteiger partial charge in [0.25, 0.3) is 0 Å². The highest BCUT2D eigenvalue weighted by atomic mass is 127. The van der Waals surface area contributed by atoms with Gasteiger partial charge < -0.3 is 10.5 Å². The molecule has 1 rings (SSSR count). The van der Waals surface area contributed by atoms with Gasteiger partial charge in [-0.2, -0.15) is 0 Å². The lowest BCUT2D eigenvalue weighted by molar-refractivity contribution is -0.143. The Kier molecular flexibility index (Phi) is 7.49. The lowest BCUT2D eigenvalue weighted by atomic mass is 10.1. The fourth-order valence-corrected chi connectivity index (χ4v) is 1.86. The van der Waals surface area contributed by atoms with E-state index in [2.05, 4.69) is 22.6 Å². The number of hydrogen-bond acceptors (Lipinski definition) is 3. The highest BCUT2D eigenvalue weighted by Gasteiger charge is 2.05. The van der Waals surface area contributed by atoms with Crippen LogP contribution in [0.1, 0.15) is 18.9 Å². The van der Waals surface area contributed by atoms with Crippen molar-refractivity contribution in [2.45, 2.75) is 19.8 Å². The minimum atomic E-state index is -0.157. The van der Waals surface area contributed by atoms with Gasteiger partial charge in [-0.25, -0.2) is 0 Å². The van der Waals surface area contributed by atoms with Gasteiger partial charge in [0.1, 0.15) is 0 Å². The smallest absolute Gasteiger partial charge is 0.306 e. The zero-order valence-corrected chi connectivity index (χ0v) is 12.0. The van der Waals surface area contributed by atoms with E-state index in [0.717, 1.165) is 14.8 Å². The number of nitrogen functional groups attached to an aromatic ring is 1. The first-order valence-corrected chi connectivity index (χ1v) is 5.91. The summed E-state index contributed by atoms with van der Waals surface area (Å²) in [6.07, 6.45) is 1.09. The summed E-state index contributed by atoms with van der Waals surface area (Å²) in [7, 11) is 0. The number of halogens is 2. The third-order valence-electron chi connectivity index (χ3n) is 1.97. The van der Waals surface area contributed by atoms with Crippen molar-refractivity contribution in [2.24, 2.45) is 0 Å². The molecule has 0 saturated heterocycles. The van der Waals surface area contributed by atoms with Crippen molar-refractivity contribution in [1.82, 2.24) is 0 Å². The predicted octanol–water partition coefficient (Wildman–Crippen LogP) is 2.79. The third kappa shape index (κ3) is 5.03. The maximum atomic E-state index is 11.2. The zero-order valence-electron chi connectivity index (χ0n) is 9.03. The number of ether oxygens (including phenoxy) is 1. The van der Waals surface area contributed by atoms with Gasteiger partial charge in [-0.3, -0.25) is 4.79 Å². The van der Waals surface area contributed by atoms with Crippen LogP contribution in [0.25, 0.3) is 0 Å². The molecule has 0 atom stereocenters. The molecule has 1 aromatic carbocycles. The number of nitrogens with two attached hydrogens (primary N) is 1. The predicted molar refractivity (Wildman–Crippen MR) is 75.8 cm³/mol. The number of benzene rings is 1. The second-order valence-electron chi connectivity index (χ2n) is 3.16. The van der Waals surface area contributed by atoms with Crippen LogP contribution in [-0.4, -0.2) is 12.6 Å². The number of anilines is 1. The Bertz CT molecular complexity index is 358. The van der Waals surface area contributed by atoms with E-state index in [-0.39, 0.29) is 18.4 Å². The van der Waals surface area contributed by atoms with Crippen LogP contribution in [0.2, 0.25) is 0 Å². The summed E-state index contributed by atoms with van der Waals surface area (Å²) in [5.74, 6) is -0.157. The van der Waals surface area contributed by atoms with E-state index in [4.69, 9.17) is 10.5 Å². The van der Waals surface area contributed by atoms with E-state index in [0.29, 0.717) is 19.4 Å². The SMILES string of the molecule is CCOC(=O)CCc1cc(N)ccc1I.Cl. The first-order valence-electron chi connectivity index (χ1n) is 4.83. The number of aryl methyl sites for hydroxylation is 1. The Morgan fingerprint density at radius 3 is 2.81 bits per heavy atom. The number of rotatable bonds is 4. The Morgan fingerprint density at radius 2 is 2.19 bits per heavy atom. The quantitative estimate of drug-likeness (QED) is 0.513. The van der Waals surface area contributed by atoms with Gasteiger partial charge in [-0.05, 0) is 59.7 Å². The molecule has 0 saturated carbocycles. The summed E-state index contributed by atoms with van der Waals surface area (Å²) in [5, 5.41) is 0. The molecule has 0 amide bonds. The van der Waals surface area contributed by atoms with Crippen molar-refractivity contribution >= 4 is 46.7 Å². The average molecular weight is 356 g/mol. The molecular formula is C11H15ClINO2. The van der Waals surface area contributed by atoms with Crippen LogP contribution in [-0.2, 0) is 16.0 Å². The van der Waals surface area contributed by atoms with Crippen molar-refractivity contribution in [3.05, 3.63) is 27.3 Å². The molecule has 0 fully saturated rings. The normalized spacial score (nSPS) is 9.38. The summed E-state index contributed by atoms with van der Waals surface area (Å²) in [4.78, 5) is 11.2. The van der Waals surface area contributed by atoms with Crippen molar-refractivity contribution in [3.63, 3.8) is 0 Å². The monoisotopic (exact) mass is 355 g/mol. The van der Waals surface area contributed by atoms with E-state index in [1.807, 2.05) is 25.1 Å². The molecule has 0 aliphatic heterocycles. The second-order valence-corrected chi connectivity index (χ2v) is 4.32. The molecule has 3 nitrogen and oxygen atoms in total. The van der Waals surface area contributed by atoms with Crippen molar-refractivity contribution in [1.29, 1.82) is 0 Å². The van der Waals surface area contributed by atoms with Crippen LogP contribution in [0.4, 0.5) is 5.69 Å². The van der Waals surface area contributed by atoms with E-state index < -0.39 is 0 Å². The van der Waals surface area contributed by atoms with Gasteiger partial charge in [-0.15, -0.1) is 12.4 Å². The fraction of sp³-hybridized carbons (Fsp3) is 0.364. The van der Waals surface area contributed by atoms with Gasteiger partial charge in [-0.1, -0.05) is 0 Å². The van der Waals surface area contributed by atoms with Crippen molar-refractivity contribution in [3.8, 4) is 0 Å². The largest absolute Gasteiger partial charge is 0.466 e. The first-order chi connectivity index (χ1) is 7.13. The maximum Gasteiger partial charge on any atom is 0.306 e. The molecular weight excluding hydrogens is 340 g/mol. The Morgan fingerprint density at radius 1 is 1.50 bits per heavy atom. The Labute approximate surface area is 115 Å². The molecule has 0 bridgehead atoms. The lowest BCUT2D eigenvalue weighted by Crippen LogP contribution is -2.06. The molecule has 0 aliphatic rings. The summed E-state index contributed by atoms with van der Waals surface area (Å²) in [6.45, 7) is 2.25. The lowest BCUT2D eigenvalue weighted by Gasteiger charge is -2.05. The number of carbonyl (C=O) groups excluding carboxylic acids is 1. The van der Waals surface area contributed by atoms with Crippen molar-refractivity contribution in [2.75, 3.05) is 12.3 Å². The number of hydrogen-bond donors (Lipinski definition) is 1. The highest BCUT2D eigenvalue weighted by molar-refractivity contribution is 14.1. The zero-order chi connectivity index (χ0) is 11.3. The van der Waals surface area contributed by atoms with E-state index >= 15 is 0 Å². The van der Waals surface area contributed by atoms with Crippen LogP contribution < -0.4 is 5.73 Å². The molecule has 0 aromatic heterocycles. The van der Waals surface area contributed by atoms with Gasteiger partial charge in [0.05, 0.1) is 6.61 Å². The molecule has 0 radical (unpaired) electrons. The van der Waals surface area contributed by atoms with Gasteiger partial charge in [0.15, 0.2) is 0 Å². The number of carbonyl (C=O) groups is 1. The molecule has 0 aliphatic carbocycles. The molecule has 1 aromatic rings. The number of esters is 1. The minimum Gasteiger partial charge on any atom is -0.466 e. The van der Waals surface area contributed by atoms with Crippen LogP contribution in [0.5, 0.6) is 0 Å². The topological polar surface area (TPSA) is 52.3 Å². The molecule has 5 heteroatoms. The summed E-state index contributed by atoms with van der Waals surface area (Å²) in [6, 6.07) is 5.72. The second kappa shape index (κ2) is 7.73. The Hall–Kier alpha value is -0.490. The summed E-state index contributed by atoms with van der Waals surface area (Å²) < 4.78 is 5.99. The molecule has 2 N–H and O–H groups in total. The van der Waals surface area contributed by atoms with Crippen LogP contribution in [0.3, 0.4) is 0 Å². The van der Waals surface area contributed by atoms with Gasteiger partial charge >= 0.3 is 5.97 Å². The van der Waals surface area contributed by atoms with Crippen LogP contribution in [0, 0.1) is 3.57 Å². The fourth-order valence-electron chi connectivity index (χ4n) is 1.26. The van der Waals surface area contributed by atoms with Gasteiger partial charge in [0, 0.05) is 15.7 Å². The van der Waals surface area contributed by atoms with Crippen LogP contribution >= 0.6 is 35.0 Å². The van der Waals surface area contributed by atoms with E-state index in [9.17, 15) is 4.79 Å². The maximum absolute atomic E-state index is 11.2. The average Bonchev–Trinajstić information content (AvgIpc) is 2.20. The van der Waals surface area contributed by atoms with Crippen molar-refractivity contribution < 1.29 is 9.53 Å². The molecule has 16 heavy (non-hydrogen) atoms. The summed E-state index contributed by atoms with van der Waals surface area (Å²) in [5.41, 5.74) is 7.50. The van der Waals surface area contributed by atoms with E-state index in [1.54, 1.807) is 0 Å². The third-order valence-corrected chi connectivity index (χ3v) is 3.03. The molecule has 0 spiro atoms. The molecule has 0 unspecified atom stereocenters. The molecule has 0 heterocycles. The Balaban J connectivity index is 0.00000225. The summed E-state index contributed by atoms with van der Waals surface area (Å²) >= 11 is 2.24. The highest BCUT2D eigenvalue weighted by Crippen LogP contribution is 2.17. The minimum absolute atomic E-state index is 0. The van der Waals surface area contributed by atoms with Crippen LogP contribution in [0.15, 0.2) is 18.2 Å². The molecule has 90 valence electrons.